The van der Waals surface area contributed by atoms with Gasteiger partial charge in [0.05, 0.1) is 17.7 Å². The third kappa shape index (κ3) is 6.86. The lowest BCUT2D eigenvalue weighted by Crippen LogP contribution is -2.46. The van der Waals surface area contributed by atoms with Gasteiger partial charge in [-0.25, -0.2) is 13.6 Å². The number of anilines is 1. The number of amides is 2. The van der Waals surface area contributed by atoms with Gasteiger partial charge in [0, 0.05) is 22.5 Å². The van der Waals surface area contributed by atoms with E-state index in [1.807, 2.05) is 12.1 Å². The molecule has 0 saturated heterocycles. The van der Waals surface area contributed by atoms with Crippen LogP contribution < -0.4 is 10.6 Å². The Hall–Kier alpha value is -3.23. The molecule has 4 rings (SSSR count). The fourth-order valence-electron chi connectivity index (χ4n) is 4.98. The molecular weight excluding hydrogens is 549 g/mol. The molecule has 3 aromatic rings. The lowest BCUT2D eigenvalue weighted by atomic mass is 9.83. The molecule has 1 atom stereocenters. The molecule has 39 heavy (non-hydrogen) atoms. The monoisotopic (exact) mass is 576 g/mol. The summed E-state index contributed by atoms with van der Waals surface area (Å²) in [6, 6.07) is 11.5. The van der Waals surface area contributed by atoms with E-state index in [1.54, 1.807) is 24.3 Å². The smallest absolute Gasteiger partial charge is 0.326 e. The summed E-state index contributed by atoms with van der Waals surface area (Å²) in [7, 11) is 0. The molecule has 1 fully saturated rings. The molecule has 0 radical (unpaired) electrons. The van der Waals surface area contributed by atoms with Gasteiger partial charge < -0.3 is 15.7 Å². The maximum atomic E-state index is 13.7. The van der Waals surface area contributed by atoms with Crippen LogP contribution in [-0.4, -0.2) is 28.9 Å². The van der Waals surface area contributed by atoms with Crippen LogP contribution in [-0.2, 0) is 21.9 Å². The van der Waals surface area contributed by atoms with Gasteiger partial charge in [0.1, 0.15) is 6.04 Å². The average Bonchev–Trinajstić information content (AvgIpc) is 2.88. The minimum atomic E-state index is -3.16. The highest BCUT2D eigenvalue weighted by Crippen LogP contribution is 2.35. The highest BCUT2D eigenvalue weighted by molar-refractivity contribution is 6.36. The van der Waals surface area contributed by atoms with E-state index in [0.29, 0.717) is 12.8 Å². The molecule has 1 saturated carbocycles. The Bertz CT molecular complexity index is 1400. The van der Waals surface area contributed by atoms with E-state index in [-0.39, 0.29) is 44.8 Å². The number of alkyl halides is 2. The Morgan fingerprint density at radius 1 is 1.00 bits per heavy atom. The number of benzene rings is 3. The maximum absolute atomic E-state index is 13.7. The summed E-state index contributed by atoms with van der Waals surface area (Å²) >= 11 is 12.4. The topological polar surface area (TPSA) is 95.5 Å². The first-order chi connectivity index (χ1) is 18.4. The van der Waals surface area contributed by atoms with Gasteiger partial charge in [-0.3, -0.25) is 9.59 Å². The Balaban J connectivity index is 1.62. The van der Waals surface area contributed by atoms with E-state index in [4.69, 9.17) is 23.2 Å². The first-order valence-corrected chi connectivity index (χ1v) is 13.4. The van der Waals surface area contributed by atoms with Crippen molar-refractivity contribution in [2.75, 3.05) is 5.32 Å². The summed E-state index contributed by atoms with van der Waals surface area (Å²) in [5, 5.41) is 16.5. The van der Waals surface area contributed by atoms with E-state index in [1.165, 1.54) is 0 Å². The third-order valence-electron chi connectivity index (χ3n) is 7.06. The quantitative estimate of drug-likeness (QED) is 0.264. The molecule has 1 aliphatic carbocycles. The van der Waals surface area contributed by atoms with Crippen LogP contribution in [0.3, 0.4) is 0 Å². The van der Waals surface area contributed by atoms with Crippen molar-refractivity contribution in [2.45, 2.75) is 57.4 Å². The van der Waals surface area contributed by atoms with Crippen molar-refractivity contribution in [1.82, 2.24) is 5.32 Å². The SMILES string of the molecule is CC(F)(F)c1cc(Cl)c(CC(=O)Nc2cc3ccccc3cc2C(=O)N[C@H](C(=O)O)C2CCCCC2)c(Cl)c1. The molecule has 0 aliphatic heterocycles. The summed E-state index contributed by atoms with van der Waals surface area (Å²) in [5.74, 6) is -5.65. The molecule has 0 aromatic heterocycles. The van der Waals surface area contributed by atoms with Gasteiger partial charge in [-0.05, 0) is 59.4 Å². The van der Waals surface area contributed by atoms with Crippen molar-refractivity contribution in [1.29, 1.82) is 0 Å². The fourth-order valence-corrected chi connectivity index (χ4v) is 5.60. The van der Waals surface area contributed by atoms with Crippen molar-refractivity contribution in [3.05, 3.63) is 75.3 Å². The minimum absolute atomic E-state index is 0.0811. The predicted octanol–water partition coefficient (Wildman–Crippen LogP) is 7.20. The largest absolute Gasteiger partial charge is 0.480 e. The first kappa shape index (κ1) is 28.8. The van der Waals surface area contributed by atoms with Crippen LogP contribution in [0.5, 0.6) is 0 Å². The number of hydrogen-bond donors (Lipinski definition) is 3. The number of hydrogen-bond acceptors (Lipinski definition) is 3. The van der Waals surface area contributed by atoms with Crippen molar-refractivity contribution in [2.24, 2.45) is 5.92 Å². The standard InChI is InChI=1S/C29H28Cl2F2N2O4/c1-29(32,33)19-13-22(30)20(23(31)14-19)15-25(36)34-24-12-18-10-6-5-9-17(18)11-21(24)27(37)35-26(28(38)39)16-7-3-2-4-8-16/h5-6,9-14,16,26H,2-4,7-8,15H2,1H3,(H,34,36)(H,35,37)(H,38,39)/t26-/m0/s1. The van der Waals surface area contributed by atoms with Gasteiger partial charge in [0.25, 0.3) is 11.8 Å². The molecule has 0 spiro atoms. The summed E-state index contributed by atoms with van der Waals surface area (Å²) in [5.41, 5.74) is 0.0650. The van der Waals surface area contributed by atoms with Gasteiger partial charge in [0.15, 0.2) is 0 Å². The van der Waals surface area contributed by atoms with Crippen LogP contribution in [0, 0.1) is 5.92 Å². The van der Waals surface area contributed by atoms with Crippen molar-refractivity contribution in [3.8, 4) is 0 Å². The summed E-state index contributed by atoms with van der Waals surface area (Å²) in [6.07, 6.45) is 3.94. The number of fused-ring (bicyclic) bond motifs is 1. The van der Waals surface area contributed by atoms with Crippen molar-refractivity contribution in [3.63, 3.8) is 0 Å². The zero-order chi connectivity index (χ0) is 28.3. The number of halogens is 4. The highest BCUT2D eigenvalue weighted by atomic mass is 35.5. The average molecular weight is 577 g/mol. The van der Waals surface area contributed by atoms with Crippen molar-refractivity contribution >= 4 is 57.4 Å². The number of aliphatic carboxylic acids is 1. The van der Waals surface area contributed by atoms with Crippen LogP contribution >= 0.6 is 23.2 Å². The summed E-state index contributed by atoms with van der Waals surface area (Å²) < 4.78 is 27.5. The molecular formula is C29H28Cl2F2N2O4. The zero-order valence-corrected chi connectivity index (χ0v) is 22.7. The van der Waals surface area contributed by atoms with E-state index in [9.17, 15) is 28.3 Å². The van der Waals surface area contributed by atoms with Gasteiger partial charge in [-0.2, -0.15) is 0 Å². The minimum Gasteiger partial charge on any atom is -0.480 e. The second-order valence-electron chi connectivity index (χ2n) is 9.96. The van der Waals surface area contributed by atoms with Gasteiger partial charge in [-0.15, -0.1) is 0 Å². The molecule has 206 valence electrons. The normalized spacial score (nSPS) is 15.1. The number of nitrogens with one attached hydrogen (secondary N) is 2. The number of carboxylic acid groups (broad SMARTS) is 1. The van der Waals surface area contributed by atoms with Crippen molar-refractivity contribution < 1.29 is 28.3 Å². The highest BCUT2D eigenvalue weighted by Gasteiger charge is 2.32. The Kier molecular flexibility index (Phi) is 8.76. The molecule has 2 amide bonds. The Morgan fingerprint density at radius 3 is 2.15 bits per heavy atom. The second-order valence-corrected chi connectivity index (χ2v) is 10.8. The lowest BCUT2D eigenvalue weighted by Gasteiger charge is -2.28. The van der Waals surface area contributed by atoms with Crippen LogP contribution in [0.2, 0.25) is 10.0 Å². The molecule has 0 unspecified atom stereocenters. The van der Waals surface area contributed by atoms with Crippen LogP contribution in [0.4, 0.5) is 14.5 Å². The molecule has 1 aliphatic rings. The van der Waals surface area contributed by atoms with Gasteiger partial charge in [-0.1, -0.05) is 66.7 Å². The number of carboxylic acids is 1. The Morgan fingerprint density at radius 2 is 1.59 bits per heavy atom. The molecule has 3 aromatic carbocycles. The molecule has 10 heteroatoms. The van der Waals surface area contributed by atoms with Gasteiger partial charge >= 0.3 is 5.97 Å². The molecule has 3 N–H and O–H groups in total. The lowest BCUT2D eigenvalue weighted by molar-refractivity contribution is -0.141. The van der Waals surface area contributed by atoms with Crippen LogP contribution in [0.15, 0.2) is 48.5 Å². The molecule has 0 heterocycles. The fraction of sp³-hybridized carbons (Fsp3) is 0.345. The van der Waals surface area contributed by atoms with Gasteiger partial charge in [0.2, 0.25) is 5.91 Å². The van der Waals surface area contributed by atoms with E-state index < -0.39 is 29.7 Å². The Labute approximate surface area is 234 Å². The number of carbonyl (C=O) groups is 3. The number of rotatable bonds is 8. The molecule has 6 nitrogen and oxygen atoms in total. The summed E-state index contributed by atoms with van der Waals surface area (Å²) in [6.45, 7) is 0.719. The number of carbonyl (C=O) groups excluding carboxylic acids is 2. The maximum Gasteiger partial charge on any atom is 0.326 e. The van der Waals surface area contributed by atoms with E-state index >= 15 is 0 Å². The van der Waals surface area contributed by atoms with Crippen LogP contribution in [0.1, 0.15) is 60.5 Å². The first-order valence-electron chi connectivity index (χ1n) is 12.7. The molecule has 0 bridgehead atoms. The van der Waals surface area contributed by atoms with Crippen LogP contribution in [0.25, 0.3) is 10.8 Å². The predicted molar refractivity (Wildman–Crippen MR) is 148 cm³/mol. The zero-order valence-electron chi connectivity index (χ0n) is 21.2. The summed E-state index contributed by atoms with van der Waals surface area (Å²) in [4.78, 5) is 38.5. The van der Waals surface area contributed by atoms with E-state index in [0.717, 1.165) is 49.1 Å². The third-order valence-corrected chi connectivity index (χ3v) is 7.74. The second kappa shape index (κ2) is 11.9. The van der Waals surface area contributed by atoms with E-state index in [2.05, 4.69) is 10.6 Å².